The maximum absolute atomic E-state index is 12.8. The highest BCUT2D eigenvalue weighted by Crippen LogP contribution is 2.30. The zero-order valence-electron chi connectivity index (χ0n) is 16.7. The van der Waals surface area contributed by atoms with Crippen LogP contribution in [-0.4, -0.2) is 52.7 Å². The fourth-order valence-corrected chi connectivity index (χ4v) is 3.29. The Morgan fingerprint density at radius 1 is 1.12 bits per heavy atom. The summed E-state index contributed by atoms with van der Waals surface area (Å²) in [5.41, 5.74) is -1.67. The summed E-state index contributed by atoms with van der Waals surface area (Å²) in [4.78, 5) is 27.6. The molecule has 1 aromatic carbocycles. The highest BCUT2D eigenvalue weighted by atomic mass is 35.5. The Labute approximate surface area is 187 Å². The van der Waals surface area contributed by atoms with Crippen LogP contribution >= 0.6 is 11.6 Å². The smallest absolute Gasteiger partial charge is 0.420 e. The second kappa shape index (κ2) is 9.41. The number of morpholine rings is 1. The first-order chi connectivity index (χ1) is 15.4. The normalized spacial score (nSPS) is 14.2. The molecule has 0 saturated carbocycles. The van der Waals surface area contributed by atoms with E-state index in [1.54, 1.807) is 18.5 Å². The van der Waals surface area contributed by atoms with Crippen LogP contribution in [0.15, 0.2) is 55.2 Å². The van der Waals surface area contributed by atoms with Crippen LogP contribution in [0.25, 0.3) is 11.1 Å². The van der Waals surface area contributed by atoms with Gasteiger partial charge in [-0.25, -0.2) is 15.0 Å². The number of hydrogen-bond donors (Lipinski definition) is 1. The summed E-state index contributed by atoms with van der Waals surface area (Å²) >= 11 is 4.75. The van der Waals surface area contributed by atoms with Gasteiger partial charge in [-0.1, -0.05) is 0 Å². The molecule has 1 amide bonds. The Hall–Kier alpha value is -3.37. The van der Waals surface area contributed by atoms with E-state index in [0.717, 1.165) is 5.56 Å². The highest BCUT2D eigenvalue weighted by molar-refractivity contribution is 6.20. The molecule has 2 aromatic heterocycles. The van der Waals surface area contributed by atoms with Crippen molar-refractivity contribution in [3.63, 3.8) is 0 Å². The van der Waals surface area contributed by atoms with Crippen molar-refractivity contribution < 1.29 is 23.0 Å². The molecule has 1 aliphatic heterocycles. The summed E-state index contributed by atoms with van der Waals surface area (Å²) < 4.78 is 35.1. The second-order valence-electron chi connectivity index (χ2n) is 6.85. The molecule has 0 aliphatic carbocycles. The third-order valence-corrected chi connectivity index (χ3v) is 4.73. The van der Waals surface area contributed by atoms with Crippen LogP contribution in [0.4, 0.5) is 20.3 Å². The van der Waals surface area contributed by atoms with E-state index in [2.05, 4.69) is 29.9 Å². The van der Waals surface area contributed by atoms with Gasteiger partial charge in [0.05, 0.1) is 18.8 Å². The molecule has 0 radical (unpaired) electrons. The van der Waals surface area contributed by atoms with Gasteiger partial charge in [0.1, 0.15) is 17.9 Å². The molecule has 166 valence electrons. The van der Waals surface area contributed by atoms with Crippen LogP contribution < -0.4 is 15.0 Å². The number of amides is 1. The molecular formula is C21H18ClF2N5O3. The second-order valence-corrected chi connectivity index (χ2v) is 7.29. The number of pyridine rings is 1. The quantitative estimate of drug-likeness (QED) is 0.558. The van der Waals surface area contributed by atoms with Gasteiger partial charge in [-0.3, -0.25) is 4.79 Å². The van der Waals surface area contributed by atoms with Crippen molar-refractivity contribution >= 4 is 29.0 Å². The molecular weight excluding hydrogens is 444 g/mol. The molecule has 1 saturated heterocycles. The molecule has 8 nitrogen and oxygen atoms in total. The Morgan fingerprint density at radius 2 is 1.81 bits per heavy atom. The number of halogens is 3. The van der Waals surface area contributed by atoms with Crippen molar-refractivity contribution in [1.82, 2.24) is 15.0 Å². The molecule has 0 bridgehead atoms. The lowest BCUT2D eigenvalue weighted by Gasteiger charge is -2.29. The van der Waals surface area contributed by atoms with Crippen LogP contribution in [0, 0.1) is 0 Å². The van der Waals surface area contributed by atoms with Gasteiger partial charge in [0, 0.05) is 60.1 Å². The maximum atomic E-state index is 12.8. The van der Waals surface area contributed by atoms with Crippen LogP contribution in [0.3, 0.4) is 0 Å². The zero-order valence-corrected chi connectivity index (χ0v) is 17.4. The number of nitrogens with one attached hydrogen (secondary N) is 1. The van der Waals surface area contributed by atoms with Gasteiger partial charge in [-0.2, -0.15) is 0 Å². The van der Waals surface area contributed by atoms with E-state index in [1.165, 1.54) is 36.8 Å². The number of alkyl halides is 3. The molecule has 1 fully saturated rings. The minimum absolute atomic E-state index is 0.133. The number of aromatic nitrogens is 3. The Kier molecular flexibility index (Phi) is 6.42. The molecule has 0 spiro atoms. The van der Waals surface area contributed by atoms with Crippen molar-refractivity contribution in [2.75, 3.05) is 36.5 Å². The average Bonchev–Trinajstić information content (AvgIpc) is 2.80. The van der Waals surface area contributed by atoms with Crippen LogP contribution in [-0.2, 0) is 4.74 Å². The number of carbonyl (C=O) groups excluding carboxylic acids is 1. The third kappa shape index (κ3) is 5.45. The molecule has 3 aromatic rings. The van der Waals surface area contributed by atoms with E-state index in [1.807, 2.05) is 0 Å². The lowest BCUT2D eigenvalue weighted by atomic mass is 10.1. The Morgan fingerprint density at radius 3 is 2.47 bits per heavy atom. The molecule has 3 heterocycles. The van der Waals surface area contributed by atoms with Gasteiger partial charge >= 0.3 is 5.57 Å². The van der Waals surface area contributed by atoms with Crippen molar-refractivity contribution in [2.24, 2.45) is 0 Å². The number of hydrogen-bond acceptors (Lipinski definition) is 7. The summed E-state index contributed by atoms with van der Waals surface area (Å²) in [7, 11) is 0. The van der Waals surface area contributed by atoms with Crippen LogP contribution in [0.1, 0.15) is 10.4 Å². The predicted molar refractivity (Wildman–Crippen MR) is 114 cm³/mol. The summed E-state index contributed by atoms with van der Waals surface area (Å²) in [6.45, 7) is 2.53. The SMILES string of the molecule is O=C(Nc1ccc(OC(F)(F)Cl)cc1)c1cnc(N2CCOCC2)c(-c2cncnc2)c1. The van der Waals surface area contributed by atoms with Crippen molar-refractivity contribution in [3.05, 3.63) is 60.8 Å². The standard InChI is InChI=1S/C21H18ClF2N5O3/c22-21(23,24)32-17-3-1-16(2-4-17)28-20(30)14-9-18(15-10-25-13-26-11-15)19(27-12-14)29-5-7-31-8-6-29/h1-4,9-13H,5-8H2,(H,28,30). The molecule has 1 N–H and O–H groups in total. The summed E-state index contributed by atoms with van der Waals surface area (Å²) in [5.74, 6) is 0.162. The van der Waals surface area contributed by atoms with Gasteiger partial charge in [-0.05, 0) is 30.3 Å². The number of nitrogens with zero attached hydrogens (tertiary/aromatic N) is 4. The van der Waals surface area contributed by atoms with Crippen molar-refractivity contribution in [2.45, 2.75) is 5.57 Å². The highest BCUT2D eigenvalue weighted by Gasteiger charge is 2.27. The van der Waals surface area contributed by atoms with Gasteiger partial charge in [-0.15, -0.1) is 8.78 Å². The average molecular weight is 462 g/mol. The topological polar surface area (TPSA) is 89.5 Å². The van der Waals surface area contributed by atoms with Gasteiger partial charge in [0.25, 0.3) is 5.91 Å². The minimum atomic E-state index is -3.81. The maximum Gasteiger partial charge on any atom is 0.487 e. The van der Waals surface area contributed by atoms with E-state index in [-0.39, 0.29) is 5.75 Å². The van der Waals surface area contributed by atoms with E-state index in [9.17, 15) is 13.6 Å². The lowest BCUT2D eigenvalue weighted by Crippen LogP contribution is -2.37. The van der Waals surface area contributed by atoms with Crippen molar-refractivity contribution in [3.8, 4) is 16.9 Å². The lowest BCUT2D eigenvalue weighted by molar-refractivity contribution is -0.0964. The largest absolute Gasteiger partial charge is 0.487 e. The molecule has 0 unspecified atom stereocenters. The third-order valence-electron chi connectivity index (χ3n) is 4.66. The van der Waals surface area contributed by atoms with E-state index >= 15 is 0 Å². The summed E-state index contributed by atoms with van der Waals surface area (Å²) in [6.07, 6.45) is 6.22. The van der Waals surface area contributed by atoms with Crippen LogP contribution in [0.5, 0.6) is 5.75 Å². The van der Waals surface area contributed by atoms with E-state index in [4.69, 9.17) is 16.3 Å². The van der Waals surface area contributed by atoms with Gasteiger partial charge in [0.2, 0.25) is 0 Å². The fraction of sp³-hybridized carbons (Fsp3) is 0.238. The monoisotopic (exact) mass is 461 g/mol. The molecule has 11 heteroatoms. The molecule has 0 atom stereocenters. The Balaban J connectivity index is 1.57. The predicted octanol–water partition coefficient (Wildman–Crippen LogP) is 3.80. The number of benzene rings is 1. The zero-order chi connectivity index (χ0) is 22.6. The number of rotatable bonds is 6. The number of ether oxygens (including phenoxy) is 2. The van der Waals surface area contributed by atoms with Gasteiger partial charge < -0.3 is 19.7 Å². The van der Waals surface area contributed by atoms with Crippen molar-refractivity contribution in [1.29, 1.82) is 0 Å². The number of carbonyl (C=O) groups is 1. The van der Waals surface area contributed by atoms with Gasteiger partial charge in [0.15, 0.2) is 0 Å². The first kappa shape index (κ1) is 21.8. The molecule has 32 heavy (non-hydrogen) atoms. The number of anilines is 2. The van der Waals surface area contributed by atoms with E-state index in [0.29, 0.717) is 48.9 Å². The van der Waals surface area contributed by atoms with E-state index < -0.39 is 11.5 Å². The molecule has 1 aliphatic rings. The minimum Gasteiger partial charge on any atom is -0.420 e. The summed E-state index contributed by atoms with van der Waals surface area (Å²) in [5, 5.41) is 2.71. The fourth-order valence-electron chi connectivity index (χ4n) is 3.20. The summed E-state index contributed by atoms with van der Waals surface area (Å²) in [6, 6.07) is 7.13. The first-order valence-corrected chi connectivity index (χ1v) is 10.0. The first-order valence-electron chi connectivity index (χ1n) is 9.64. The van der Waals surface area contributed by atoms with Crippen LogP contribution in [0.2, 0.25) is 0 Å². The Bertz CT molecular complexity index is 1080. The molecule has 4 rings (SSSR count).